The Morgan fingerprint density at radius 2 is 1.55 bits per heavy atom. The summed E-state index contributed by atoms with van der Waals surface area (Å²) in [5.41, 5.74) is 0.928. The van der Waals surface area contributed by atoms with Crippen molar-refractivity contribution in [2.45, 2.75) is 30.7 Å². The van der Waals surface area contributed by atoms with E-state index in [-0.39, 0.29) is 23.0 Å². The average molecular weight is 406 g/mol. The fraction of sp³-hybridized carbons (Fsp3) is 0.300. The van der Waals surface area contributed by atoms with Crippen molar-refractivity contribution in [2.75, 3.05) is 6.61 Å². The van der Waals surface area contributed by atoms with E-state index in [4.69, 9.17) is 9.47 Å². The Bertz CT molecular complexity index is 860. The summed E-state index contributed by atoms with van der Waals surface area (Å²) < 4.78 is 10.7. The van der Waals surface area contributed by atoms with Crippen LogP contribution in [-0.4, -0.2) is 73.1 Å². The monoisotopic (exact) mass is 406 g/mol. The molecule has 5 unspecified atom stereocenters. The minimum absolute atomic E-state index is 0.0999. The van der Waals surface area contributed by atoms with Gasteiger partial charge in [0.1, 0.15) is 47.4 Å². The van der Waals surface area contributed by atoms with Crippen LogP contribution < -0.4 is 4.74 Å². The summed E-state index contributed by atoms with van der Waals surface area (Å²) in [5.74, 6) is -0.235. The predicted octanol–water partition coefficient (Wildman–Crippen LogP) is 0.152. The van der Waals surface area contributed by atoms with Gasteiger partial charge in [-0.05, 0) is 29.8 Å². The summed E-state index contributed by atoms with van der Waals surface area (Å²) in [5, 5.41) is 68.0. The summed E-state index contributed by atoms with van der Waals surface area (Å²) >= 11 is 0. The Balaban J connectivity index is 1.73. The smallest absolute Gasteiger partial charge is 0.229 e. The molecule has 7 N–H and O–H groups in total. The van der Waals surface area contributed by atoms with E-state index in [2.05, 4.69) is 0 Å². The summed E-state index contributed by atoms with van der Waals surface area (Å²) in [4.78, 5) is 0. The minimum Gasteiger partial charge on any atom is -0.508 e. The Labute approximate surface area is 165 Å². The average Bonchev–Trinajstić information content (AvgIpc) is 2.67. The Morgan fingerprint density at radius 3 is 2.17 bits per heavy atom. The number of aromatic hydroxyl groups is 3. The molecule has 156 valence electrons. The third-order valence-corrected chi connectivity index (χ3v) is 4.48. The molecule has 0 saturated carbocycles. The lowest BCUT2D eigenvalue weighted by molar-refractivity contribution is -0.277. The SMILES string of the molecule is OCC1OC(Oc2ccc(/C=C/c3cc(O)cc(O)c3)c(O)c2)C(O)C(O)C1O. The van der Waals surface area contributed by atoms with E-state index in [9.17, 15) is 35.7 Å². The van der Waals surface area contributed by atoms with Crippen LogP contribution in [0.25, 0.3) is 12.2 Å². The van der Waals surface area contributed by atoms with Gasteiger partial charge in [0.15, 0.2) is 0 Å². The van der Waals surface area contributed by atoms with E-state index < -0.39 is 37.3 Å². The van der Waals surface area contributed by atoms with Crippen molar-refractivity contribution in [3.8, 4) is 23.0 Å². The number of aliphatic hydroxyl groups excluding tert-OH is 4. The van der Waals surface area contributed by atoms with Crippen LogP contribution in [-0.2, 0) is 4.74 Å². The first kappa shape index (κ1) is 20.9. The summed E-state index contributed by atoms with van der Waals surface area (Å²) in [7, 11) is 0. The molecule has 3 rings (SSSR count). The first-order valence-corrected chi connectivity index (χ1v) is 8.80. The molecule has 9 nitrogen and oxygen atoms in total. The van der Waals surface area contributed by atoms with Crippen LogP contribution in [0, 0.1) is 0 Å². The molecule has 1 heterocycles. The van der Waals surface area contributed by atoms with Gasteiger partial charge in [-0.2, -0.15) is 0 Å². The van der Waals surface area contributed by atoms with Crippen molar-refractivity contribution < 1.29 is 45.2 Å². The Hall–Kier alpha value is -2.82. The molecule has 1 aliphatic heterocycles. The number of benzene rings is 2. The zero-order chi connectivity index (χ0) is 21.1. The molecule has 2 aromatic carbocycles. The maximum absolute atomic E-state index is 10.2. The molecular formula is C20H22O9. The van der Waals surface area contributed by atoms with Crippen molar-refractivity contribution in [3.05, 3.63) is 47.5 Å². The highest BCUT2D eigenvalue weighted by Gasteiger charge is 2.44. The zero-order valence-electron chi connectivity index (χ0n) is 15.2. The first-order chi connectivity index (χ1) is 13.8. The highest BCUT2D eigenvalue weighted by Crippen LogP contribution is 2.29. The van der Waals surface area contributed by atoms with Gasteiger partial charge in [0, 0.05) is 17.7 Å². The van der Waals surface area contributed by atoms with Crippen LogP contribution in [0.1, 0.15) is 11.1 Å². The number of phenols is 3. The Kier molecular flexibility index (Phi) is 6.26. The molecule has 0 spiro atoms. The molecule has 0 radical (unpaired) electrons. The van der Waals surface area contributed by atoms with E-state index in [0.717, 1.165) is 0 Å². The molecule has 0 bridgehead atoms. The van der Waals surface area contributed by atoms with Crippen LogP contribution in [0.2, 0.25) is 0 Å². The third kappa shape index (κ3) is 4.78. The second-order valence-corrected chi connectivity index (χ2v) is 6.65. The van der Waals surface area contributed by atoms with E-state index in [1.54, 1.807) is 12.2 Å². The molecule has 1 fully saturated rings. The molecule has 29 heavy (non-hydrogen) atoms. The lowest BCUT2D eigenvalue weighted by atomic mass is 9.99. The lowest BCUT2D eigenvalue weighted by Gasteiger charge is -2.39. The second kappa shape index (κ2) is 8.68. The van der Waals surface area contributed by atoms with Crippen LogP contribution >= 0.6 is 0 Å². The highest BCUT2D eigenvalue weighted by atomic mass is 16.7. The summed E-state index contributed by atoms with van der Waals surface area (Å²) in [6.45, 7) is -0.579. The maximum atomic E-state index is 10.2. The fourth-order valence-corrected chi connectivity index (χ4v) is 2.94. The van der Waals surface area contributed by atoms with Gasteiger partial charge in [0.25, 0.3) is 0 Å². The normalized spacial score (nSPS) is 27.2. The van der Waals surface area contributed by atoms with Gasteiger partial charge in [-0.15, -0.1) is 0 Å². The lowest BCUT2D eigenvalue weighted by Crippen LogP contribution is -2.60. The molecule has 0 aromatic heterocycles. The van der Waals surface area contributed by atoms with E-state index >= 15 is 0 Å². The van der Waals surface area contributed by atoms with Crippen molar-refractivity contribution in [2.24, 2.45) is 0 Å². The third-order valence-electron chi connectivity index (χ3n) is 4.48. The zero-order valence-corrected chi connectivity index (χ0v) is 15.2. The van der Waals surface area contributed by atoms with Gasteiger partial charge in [0.2, 0.25) is 6.29 Å². The number of rotatable bonds is 5. The topological polar surface area (TPSA) is 160 Å². The quantitative estimate of drug-likeness (QED) is 0.343. The van der Waals surface area contributed by atoms with Crippen LogP contribution in [0.5, 0.6) is 23.0 Å². The molecule has 2 aromatic rings. The van der Waals surface area contributed by atoms with Crippen LogP contribution in [0.15, 0.2) is 36.4 Å². The molecule has 9 heteroatoms. The largest absolute Gasteiger partial charge is 0.508 e. The van der Waals surface area contributed by atoms with Gasteiger partial charge in [-0.1, -0.05) is 12.2 Å². The molecule has 1 saturated heterocycles. The Morgan fingerprint density at radius 1 is 0.862 bits per heavy atom. The number of hydrogen-bond acceptors (Lipinski definition) is 9. The van der Waals surface area contributed by atoms with Crippen molar-refractivity contribution in [3.63, 3.8) is 0 Å². The van der Waals surface area contributed by atoms with Gasteiger partial charge < -0.3 is 45.2 Å². The summed E-state index contributed by atoms with van der Waals surface area (Å²) in [6, 6.07) is 8.34. The first-order valence-electron chi connectivity index (χ1n) is 8.80. The van der Waals surface area contributed by atoms with Gasteiger partial charge in [-0.3, -0.25) is 0 Å². The van der Waals surface area contributed by atoms with E-state index in [1.807, 2.05) is 0 Å². The molecule has 5 atom stereocenters. The van der Waals surface area contributed by atoms with Crippen LogP contribution in [0.4, 0.5) is 0 Å². The van der Waals surface area contributed by atoms with Crippen molar-refractivity contribution in [1.29, 1.82) is 0 Å². The van der Waals surface area contributed by atoms with E-state index in [0.29, 0.717) is 11.1 Å². The van der Waals surface area contributed by atoms with Gasteiger partial charge >= 0.3 is 0 Å². The van der Waals surface area contributed by atoms with Gasteiger partial charge in [0.05, 0.1) is 6.61 Å². The number of aliphatic hydroxyl groups is 4. The molecular weight excluding hydrogens is 384 g/mol. The van der Waals surface area contributed by atoms with Crippen molar-refractivity contribution in [1.82, 2.24) is 0 Å². The molecule has 1 aliphatic rings. The maximum Gasteiger partial charge on any atom is 0.229 e. The molecule has 0 aliphatic carbocycles. The predicted molar refractivity (Wildman–Crippen MR) is 101 cm³/mol. The van der Waals surface area contributed by atoms with E-state index in [1.165, 1.54) is 36.4 Å². The molecule has 0 amide bonds. The fourth-order valence-electron chi connectivity index (χ4n) is 2.94. The number of hydrogen-bond donors (Lipinski definition) is 7. The van der Waals surface area contributed by atoms with Crippen LogP contribution in [0.3, 0.4) is 0 Å². The number of phenolic OH excluding ortho intramolecular Hbond substituents is 3. The highest BCUT2D eigenvalue weighted by molar-refractivity contribution is 5.73. The second-order valence-electron chi connectivity index (χ2n) is 6.65. The standard InChI is InChI=1S/C20H22O9/c21-9-16-17(25)18(26)19(27)20(29-16)28-14-4-3-11(15(24)8-14)2-1-10-5-12(22)7-13(23)6-10/h1-8,16-27H,9H2/b2-1+. The van der Waals surface area contributed by atoms with Crippen molar-refractivity contribution >= 4 is 12.2 Å². The minimum atomic E-state index is -1.57. The summed E-state index contributed by atoms with van der Waals surface area (Å²) in [6.07, 6.45) is -3.95. The van der Waals surface area contributed by atoms with Gasteiger partial charge in [-0.25, -0.2) is 0 Å². The number of ether oxygens (including phenoxy) is 2.